The van der Waals surface area contributed by atoms with Gasteiger partial charge in [0.05, 0.1) is 11.3 Å². The maximum Gasteiger partial charge on any atom is 0.337 e. The molecule has 4 nitrogen and oxygen atoms in total. The van der Waals surface area contributed by atoms with Crippen LogP contribution >= 0.6 is 11.6 Å². The molecule has 1 heterocycles. The second-order valence-corrected chi connectivity index (χ2v) is 5.44. The summed E-state index contributed by atoms with van der Waals surface area (Å²) in [6.45, 7) is 0. The topological polar surface area (TPSA) is 74.0 Å². The van der Waals surface area contributed by atoms with Crippen LogP contribution in [0.2, 0.25) is 5.15 Å². The molecule has 1 aromatic heterocycles. The molecule has 5 heteroatoms. The molecule has 0 aliphatic rings. The van der Waals surface area contributed by atoms with E-state index in [-0.39, 0.29) is 16.3 Å². The first-order valence-corrected chi connectivity index (χ1v) is 7.47. The Morgan fingerprint density at radius 2 is 1.58 bits per heavy atom. The number of carbonyl (C=O) groups is 1. The van der Waals surface area contributed by atoms with Gasteiger partial charge in [-0.1, -0.05) is 66.2 Å². The fraction of sp³-hybridized carbons (Fsp3) is 0. The number of pyridine rings is 1. The molecule has 0 spiro atoms. The van der Waals surface area contributed by atoms with E-state index in [4.69, 9.17) is 16.9 Å². The third kappa shape index (κ3) is 2.98. The maximum absolute atomic E-state index is 11.3. The first kappa shape index (κ1) is 15.7. The van der Waals surface area contributed by atoms with Crippen molar-refractivity contribution in [3.05, 3.63) is 76.9 Å². The highest BCUT2D eigenvalue weighted by molar-refractivity contribution is 6.31. The summed E-state index contributed by atoms with van der Waals surface area (Å²) < 4.78 is 0. The fourth-order valence-electron chi connectivity index (χ4n) is 2.40. The Balaban J connectivity index is 2.04. The van der Waals surface area contributed by atoms with Gasteiger partial charge in [-0.15, -0.1) is 0 Å². The third-order valence-electron chi connectivity index (χ3n) is 3.61. The van der Waals surface area contributed by atoms with E-state index in [1.165, 1.54) is 6.07 Å². The molecule has 0 amide bonds. The molecule has 3 rings (SSSR count). The lowest BCUT2D eigenvalue weighted by Gasteiger charge is -2.07. The van der Waals surface area contributed by atoms with Crippen LogP contribution in [0.4, 0.5) is 0 Å². The zero-order chi connectivity index (χ0) is 17.1. The molecule has 2 aromatic carbocycles. The van der Waals surface area contributed by atoms with Gasteiger partial charge in [0.2, 0.25) is 0 Å². The number of hydrogen-bond donors (Lipinski definition) is 1. The first-order valence-electron chi connectivity index (χ1n) is 7.10. The van der Waals surface area contributed by atoms with Crippen LogP contribution in [-0.2, 0) is 0 Å². The summed E-state index contributed by atoms with van der Waals surface area (Å²) in [5.74, 6) is -1.21. The lowest BCUT2D eigenvalue weighted by atomic mass is 10.0. The van der Waals surface area contributed by atoms with E-state index in [1.807, 2.05) is 54.6 Å². The Labute approximate surface area is 143 Å². The number of aromatic carboxylic acids is 1. The summed E-state index contributed by atoms with van der Waals surface area (Å²) in [6.07, 6.45) is 0. The highest BCUT2D eigenvalue weighted by atomic mass is 35.5. The van der Waals surface area contributed by atoms with Gasteiger partial charge in [-0.25, -0.2) is 9.78 Å². The van der Waals surface area contributed by atoms with Crippen LogP contribution in [0.5, 0.6) is 0 Å². The van der Waals surface area contributed by atoms with Crippen LogP contribution in [0.1, 0.15) is 15.9 Å². The van der Waals surface area contributed by atoms with Gasteiger partial charge in [0.1, 0.15) is 16.8 Å². The summed E-state index contributed by atoms with van der Waals surface area (Å²) in [7, 11) is 0. The van der Waals surface area contributed by atoms with E-state index < -0.39 is 5.97 Å². The van der Waals surface area contributed by atoms with Crippen LogP contribution in [-0.4, -0.2) is 16.1 Å². The SMILES string of the molecule is N#Cc1c(C(=O)O)cc(-c2ccc(-c3ccccc3)cc2)nc1Cl. The van der Waals surface area contributed by atoms with Gasteiger partial charge in [0, 0.05) is 5.56 Å². The predicted molar refractivity (Wildman–Crippen MR) is 91.8 cm³/mol. The van der Waals surface area contributed by atoms with Gasteiger partial charge >= 0.3 is 5.97 Å². The number of hydrogen-bond acceptors (Lipinski definition) is 3. The second-order valence-electron chi connectivity index (χ2n) is 5.08. The standard InChI is InChI=1S/C19H11ClN2O2/c20-18-16(11-21)15(19(23)24)10-17(22-18)14-8-6-13(7-9-14)12-4-2-1-3-5-12/h1-10H,(H,23,24). The molecule has 0 radical (unpaired) electrons. The highest BCUT2D eigenvalue weighted by Gasteiger charge is 2.17. The molecule has 3 aromatic rings. The van der Waals surface area contributed by atoms with Crippen LogP contribution in [0, 0.1) is 11.3 Å². The third-order valence-corrected chi connectivity index (χ3v) is 3.88. The number of carboxylic acid groups (broad SMARTS) is 1. The van der Waals surface area contributed by atoms with Crippen molar-refractivity contribution in [1.82, 2.24) is 4.98 Å². The van der Waals surface area contributed by atoms with Crippen molar-refractivity contribution < 1.29 is 9.90 Å². The minimum atomic E-state index is -1.21. The molecule has 0 aliphatic carbocycles. The Morgan fingerprint density at radius 1 is 1.00 bits per heavy atom. The van der Waals surface area contributed by atoms with Crippen LogP contribution in [0.15, 0.2) is 60.7 Å². The van der Waals surface area contributed by atoms with E-state index in [2.05, 4.69) is 4.98 Å². The van der Waals surface area contributed by atoms with E-state index in [9.17, 15) is 9.90 Å². The van der Waals surface area contributed by atoms with Gasteiger partial charge in [0.25, 0.3) is 0 Å². The maximum atomic E-state index is 11.3. The van der Waals surface area contributed by atoms with Crippen LogP contribution in [0.25, 0.3) is 22.4 Å². The Morgan fingerprint density at radius 3 is 2.17 bits per heavy atom. The summed E-state index contributed by atoms with van der Waals surface area (Å²) in [5, 5.41) is 18.2. The molecule has 0 bridgehead atoms. The van der Waals surface area contributed by atoms with Crippen molar-refractivity contribution in [2.75, 3.05) is 0 Å². The van der Waals surface area contributed by atoms with Crippen molar-refractivity contribution in [1.29, 1.82) is 5.26 Å². The fourth-order valence-corrected chi connectivity index (χ4v) is 2.64. The monoisotopic (exact) mass is 334 g/mol. The lowest BCUT2D eigenvalue weighted by Crippen LogP contribution is -2.03. The molecule has 0 saturated carbocycles. The average Bonchev–Trinajstić information content (AvgIpc) is 2.62. The minimum Gasteiger partial charge on any atom is -0.478 e. The molecule has 24 heavy (non-hydrogen) atoms. The molecule has 0 aliphatic heterocycles. The summed E-state index contributed by atoms with van der Waals surface area (Å²) in [4.78, 5) is 15.5. The van der Waals surface area contributed by atoms with E-state index >= 15 is 0 Å². The zero-order valence-electron chi connectivity index (χ0n) is 12.4. The number of aromatic nitrogens is 1. The highest BCUT2D eigenvalue weighted by Crippen LogP contribution is 2.27. The van der Waals surface area contributed by atoms with E-state index in [1.54, 1.807) is 6.07 Å². The summed E-state index contributed by atoms with van der Waals surface area (Å²) in [6, 6.07) is 20.6. The number of benzene rings is 2. The Hall–Kier alpha value is -3.16. The lowest BCUT2D eigenvalue weighted by molar-refractivity contribution is 0.0696. The van der Waals surface area contributed by atoms with Gasteiger partial charge in [-0.05, 0) is 17.2 Å². The number of halogens is 1. The molecule has 0 atom stereocenters. The molecule has 116 valence electrons. The smallest absolute Gasteiger partial charge is 0.337 e. The number of rotatable bonds is 3. The molecule has 0 unspecified atom stereocenters. The summed E-state index contributed by atoms with van der Waals surface area (Å²) >= 11 is 5.96. The number of nitrogens with zero attached hydrogens (tertiary/aromatic N) is 2. The second kappa shape index (κ2) is 6.53. The quantitative estimate of drug-likeness (QED) is 0.708. The van der Waals surface area contributed by atoms with Gasteiger partial charge < -0.3 is 5.11 Å². The predicted octanol–water partition coefficient (Wildman–Crippen LogP) is 4.64. The van der Waals surface area contributed by atoms with Gasteiger partial charge in [0.15, 0.2) is 0 Å². The molecule has 0 fully saturated rings. The van der Waals surface area contributed by atoms with Gasteiger partial charge in [-0.2, -0.15) is 5.26 Å². The van der Waals surface area contributed by atoms with Crippen molar-refractivity contribution >= 4 is 17.6 Å². The van der Waals surface area contributed by atoms with Crippen LogP contribution in [0.3, 0.4) is 0 Å². The largest absolute Gasteiger partial charge is 0.478 e. The minimum absolute atomic E-state index is 0.112. The summed E-state index contributed by atoms with van der Waals surface area (Å²) in [5.41, 5.74) is 2.98. The Bertz CT molecular complexity index is 946. The van der Waals surface area contributed by atoms with Crippen molar-refractivity contribution in [2.45, 2.75) is 0 Å². The average molecular weight is 335 g/mol. The molecule has 0 saturated heterocycles. The van der Waals surface area contributed by atoms with E-state index in [0.717, 1.165) is 16.7 Å². The zero-order valence-corrected chi connectivity index (χ0v) is 13.2. The number of nitriles is 1. The molecule has 1 N–H and O–H groups in total. The van der Waals surface area contributed by atoms with Crippen molar-refractivity contribution in [2.24, 2.45) is 0 Å². The number of carboxylic acids is 1. The first-order chi connectivity index (χ1) is 11.6. The van der Waals surface area contributed by atoms with E-state index in [0.29, 0.717) is 5.69 Å². The van der Waals surface area contributed by atoms with Crippen molar-refractivity contribution in [3.63, 3.8) is 0 Å². The van der Waals surface area contributed by atoms with Crippen molar-refractivity contribution in [3.8, 4) is 28.5 Å². The molecular formula is C19H11ClN2O2. The molecular weight excluding hydrogens is 324 g/mol. The Kier molecular flexibility index (Phi) is 4.28. The normalized spacial score (nSPS) is 10.2. The van der Waals surface area contributed by atoms with Gasteiger partial charge in [-0.3, -0.25) is 0 Å². The van der Waals surface area contributed by atoms with Crippen LogP contribution < -0.4 is 0 Å².